The van der Waals surface area contributed by atoms with E-state index in [4.69, 9.17) is 9.47 Å². The molecule has 6 heteroatoms. The summed E-state index contributed by atoms with van der Waals surface area (Å²) >= 11 is 0. The van der Waals surface area contributed by atoms with Crippen LogP contribution in [0, 0.1) is 5.41 Å². The Bertz CT molecular complexity index is 608. The van der Waals surface area contributed by atoms with Gasteiger partial charge in [0, 0.05) is 18.3 Å². The summed E-state index contributed by atoms with van der Waals surface area (Å²) in [5.74, 6) is 0.704. The van der Waals surface area contributed by atoms with Crippen LogP contribution < -0.4 is 20.1 Å². The zero-order valence-electron chi connectivity index (χ0n) is 11.5. The van der Waals surface area contributed by atoms with Crippen molar-refractivity contribution in [1.82, 2.24) is 5.32 Å². The Morgan fingerprint density at radius 3 is 2.71 bits per heavy atom. The molecule has 110 valence electrons. The Balaban J connectivity index is 1.69. The maximum absolute atomic E-state index is 12.3. The molecule has 0 spiro atoms. The molecule has 2 aliphatic rings. The topological polar surface area (TPSA) is 76.7 Å². The predicted molar refractivity (Wildman–Crippen MR) is 76.1 cm³/mol. The van der Waals surface area contributed by atoms with Crippen molar-refractivity contribution in [3.05, 3.63) is 30.9 Å². The normalized spacial score (nSPS) is 17.0. The zero-order chi connectivity index (χ0) is 14.9. The van der Waals surface area contributed by atoms with E-state index in [1.54, 1.807) is 24.3 Å². The van der Waals surface area contributed by atoms with Crippen LogP contribution in [0.25, 0.3) is 0 Å². The Hall–Kier alpha value is -2.50. The number of carbonyl (C=O) groups excluding carboxylic acids is 2. The van der Waals surface area contributed by atoms with Gasteiger partial charge in [-0.3, -0.25) is 9.59 Å². The number of carbonyl (C=O) groups is 2. The van der Waals surface area contributed by atoms with Crippen molar-refractivity contribution in [2.45, 2.75) is 12.8 Å². The van der Waals surface area contributed by atoms with Crippen molar-refractivity contribution in [3.63, 3.8) is 0 Å². The maximum Gasteiger partial charge on any atom is 0.240 e. The molecule has 6 nitrogen and oxygen atoms in total. The minimum absolute atomic E-state index is 0.181. The molecule has 2 N–H and O–H groups in total. The SMILES string of the molecule is C=CCNC(=O)C1(C(=O)Nc2ccc3c(c2)OCO3)CC1. The zero-order valence-corrected chi connectivity index (χ0v) is 11.5. The van der Waals surface area contributed by atoms with Crippen molar-refractivity contribution in [1.29, 1.82) is 0 Å². The van der Waals surface area contributed by atoms with Gasteiger partial charge in [0.05, 0.1) is 0 Å². The highest BCUT2D eigenvalue weighted by molar-refractivity contribution is 6.13. The molecule has 3 rings (SSSR count). The van der Waals surface area contributed by atoms with Crippen LogP contribution in [0.15, 0.2) is 30.9 Å². The summed E-state index contributed by atoms with van der Waals surface area (Å²) in [6.45, 7) is 4.08. The maximum atomic E-state index is 12.3. The second kappa shape index (κ2) is 5.12. The van der Waals surface area contributed by atoms with E-state index in [9.17, 15) is 9.59 Å². The van der Waals surface area contributed by atoms with Crippen LogP contribution in [0.1, 0.15) is 12.8 Å². The second-order valence-electron chi connectivity index (χ2n) is 5.10. The average Bonchev–Trinajstić information content (AvgIpc) is 3.17. The molecule has 2 amide bonds. The quantitative estimate of drug-likeness (QED) is 0.635. The summed E-state index contributed by atoms with van der Waals surface area (Å²) in [5, 5.41) is 5.45. The van der Waals surface area contributed by atoms with Gasteiger partial charge in [0.2, 0.25) is 18.6 Å². The minimum atomic E-state index is -0.945. The van der Waals surface area contributed by atoms with Crippen LogP contribution >= 0.6 is 0 Å². The summed E-state index contributed by atoms with van der Waals surface area (Å²) in [7, 11) is 0. The van der Waals surface area contributed by atoms with Crippen LogP contribution in [0.3, 0.4) is 0 Å². The summed E-state index contributed by atoms with van der Waals surface area (Å²) in [4.78, 5) is 24.4. The van der Waals surface area contributed by atoms with Crippen LogP contribution in [-0.4, -0.2) is 25.2 Å². The number of amides is 2. The Labute approximate surface area is 122 Å². The van der Waals surface area contributed by atoms with Gasteiger partial charge < -0.3 is 20.1 Å². The van der Waals surface area contributed by atoms with Gasteiger partial charge >= 0.3 is 0 Å². The van der Waals surface area contributed by atoms with Crippen molar-refractivity contribution in [3.8, 4) is 11.5 Å². The van der Waals surface area contributed by atoms with Gasteiger partial charge in [-0.15, -0.1) is 6.58 Å². The highest BCUT2D eigenvalue weighted by atomic mass is 16.7. The van der Waals surface area contributed by atoms with E-state index in [1.807, 2.05) is 0 Å². The van der Waals surface area contributed by atoms with Crippen LogP contribution in [0.2, 0.25) is 0 Å². The van der Waals surface area contributed by atoms with Gasteiger partial charge in [-0.2, -0.15) is 0 Å². The molecule has 0 unspecified atom stereocenters. The van der Waals surface area contributed by atoms with Crippen LogP contribution in [0.5, 0.6) is 11.5 Å². The fourth-order valence-electron chi connectivity index (χ4n) is 2.24. The number of hydrogen-bond acceptors (Lipinski definition) is 4. The lowest BCUT2D eigenvalue weighted by Crippen LogP contribution is -2.40. The van der Waals surface area contributed by atoms with E-state index in [-0.39, 0.29) is 18.6 Å². The van der Waals surface area contributed by atoms with Gasteiger partial charge in [-0.25, -0.2) is 0 Å². The van der Waals surface area contributed by atoms with E-state index in [1.165, 1.54) is 0 Å². The van der Waals surface area contributed by atoms with Crippen molar-refractivity contribution >= 4 is 17.5 Å². The molecule has 1 heterocycles. The molecule has 21 heavy (non-hydrogen) atoms. The molecule has 1 aromatic carbocycles. The third kappa shape index (κ3) is 2.44. The molecule has 1 aliphatic carbocycles. The highest BCUT2D eigenvalue weighted by Crippen LogP contribution is 2.47. The Morgan fingerprint density at radius 1 is 1.24 bits per heavy atom. The number of anilines is 1. The lowest BCUT2D eigenvalue weighted by atomic mass is 10.0. The van der Waals surface area contributed by atoms with Gasteiger partial charge in [0.1, 0.15) is 5.41 Å². The number of ether oxygens (including phenoxy) is 2. The number of fused-ring (bicyclic) bond motifs is 1. The van der Waals surface area contributed by atoms with Gasteiger partial charge in [0.15, 0.2) is 11.5 Å². The molecule has 0 radical (unpaired) electrons. The Kier molecular flexibility index (Phi) is 3.29. The lowest BCUT2D eigenvalue weighted by molar-refractivity contribution is -0.134. The first-order valence-corrected chi connectivity index (χ1v) is 6.76. The molecule has 1 saturated carbocycles. The van der Waals surface area contributed by atoms with Crippen molar-refractivity contribution < 1.29 is 19.1 Å². The monoisotopic (exact) mass is 288 g/mol. The molecule has 1 aliphatic heterocycles. The number of benzene rings is 1. The minimum Gasteiger partial charge on any atom is -0.454 e. The number of hydrogen-bond donors (Lipinski definition) is 2. The van der Waals surface area contributed by atoms with E-state index in [2.05, 4.69) is 17.2 Å². The summed E-state index contributed by atoms with van der Waals surface area (Å²) < 4.78 is 10.5. The summed E-state index contributed by atoms with van der Waals surface area (Å²) in [6.07, 6.45) is 2.71. The number of rotatable bonds is 5. The van der Waals surface area contributed by atoms with Crippen LogP contribution in [-0.2, 0) is 9.59 Å². The molecule has 1 fully saturated rings. The summed E-state index contributed by atoms with van der Waals surface area (Å²) in [6, 6.07) is 5.15. The predicted octanol–water partition coefficient (Wildman–Crippen LogP) is 1.44. The first-order valence-electron chi connectivity index (χ1n) is 6.76. The number of nitrogens with one attached hydrogen (secondary N) is 2. The molecule has 0 aromatic heterocycles. The van der Waals surface area contributed by atoms with E-state index in [0.717, 1.165) is 0 Å². The van der Waals surface area contributed by atoms with E-state index in [0.29, 0.717) is 36.6 Å². The largest absolute Gasteiger partial charge is 0.454 e. The molecule has 0 bridgehead atoms. The average molecular weight is 288 g/mol. The molecule has 1 aromatic rings. The van der Waals surface area contributed by atoms with Crippen molar-refractivity contribution in [2.24, 2.45) is 5.41 Å². The first-order chi connectivity index (χ1) is 10.2. The van der Waals surface area contributed by atoms with Gasteiger partial charge in [-0.05, 0) is 25.0 Å². The molecule has 0 saturated heterocycles. The van der Waals surface area contributed by atoms with E-state index >= 15 is 0 Å². The van der Waals surface area contributed by atoms with Crippen LogP contribution in [0.4, 0.5) is 5.69 Å². The van der Waals surface area contributed by atoms with Crippen molar-refractivity contribution in [2.75, 3.05) is 18.7 Å². The summed E-state index contributed by atoms with van der Waals surface area (Å²) in [5.41, 5.74) is -0.355. The van der Waals surface area contributed by atoms with Gasteiger partial charge in [-0.1, -0.05) is 6.08 Å². The second-order valence-corrected chi connectivity index (χ2v) is 5.10. The third-order valence-corrected chi connectivity index (χ3v) is 3.66. The molecular weight excluding hydrogens is 272 g/mol. The highest BCUT2D eigenvalue weighted by Gasteiger charge is 2.56. The molecule has 0 atom stereocenters. The standard InChI is InChI=1S/C15H16N2O4/c1-2-7-16-13(18)15(5-6-15)14(19)17-10-3-4-11-12(8-10)21-9-20-11/h2-4,8H,1,5-7,9H2,(H,16,18)(H,17,19). The smallest absolute Gasteiger partial charge is 0.240 e. The first kappa shape index (κ1) is 13.5. The Morgan fingerprint density at radius 2 is 2.00 bits per heavy atom. The fourth-order valence-corrected chi connectivity index (χ4v) is 2.24. The van der Waals surface area contributed by atoms with Gasteiger partial charge in [0.25, 0.3) is 0 Å². The third-order valence-electron chi connectivity index (χ3n) is 3.66. The fraction of sp³-hybridized carbons (Fsp3) is 0.333. The molecular formula is C15H16N2O4. The lowest BCUT2D eigenvalue weighted by Gasteiger charge is -2.15. The van der Waals surface area contributed by atoms with E-state index < -0.39 is 5.41 Å².